The highest BCUT2D eigenvalue weighted by molar-refractivity contribution is 5.94. The predicted octanol–water partition coefficient (Wildman–Crippen LogP) is 2.89. The fraction of sp³-hybridized carbons (Fsp3) is 0.125. The van der Waals surface area contributed by atoms with Gasteiger partial charge in [-0.1, -0.05) is 30.3 Å². The highest BCUT2D eigenvalue weighted by atomic mass is 19.1. The van der Waals surface area contributed by atoms with Gasteiger partial charge in [-0.25, -0.2) is 4.39 Å². The first-order valence-electron chi connectivity index (χ1n) is 6.25. The molecule has 0 aromatic heterocycles. The zero-order chi connectivity index (χ0) is 14.4. The van der Waals surface area contributed by atoms with E-state index in [9.17, 15) is 14.0 Å². The van der Waals surface area contributed by atoms with Crippen LogP contribution in [0.3, 0.4) is 0 Å². The van der Waals surface area contributed by atoms with E-state index in [1.54, 1.807) is 36.4 Å². The van der Waals surface area contributed by atoms with Crippen LogP contribution in [0.2, 0.25) is 0 Å². The van der Waals surface area contributed by atoms with Crippen molar-refractivity contribution in [3.63, 3.8) is 0 Å². The minimum Gasteiger partial charge on any atom is -0.345 e. The first-order valence-corrected chi connectivity index (χ1v) is 6.25. The van der Waals surface area contributed by atoms with Gasteiger partial charge >= 0.3 is 0 Å². The lowest BCUT2D eigenvalue weighted by Gasteiger charge is -2.17. The Balaban J connectivity index is 2.15. The highest BCUT2D eigenvalue weighted by Crippen LogP contribution is 2.17. The minimum atomic E-state index is -0.458. The first kappa shape index (κ1) is 13.9. The van der Waals surface area contributed by atoms with Crippen LogP contribution in [0.25, 0.3) is 0 Å². The van der Waals surface area contributed by atoms with Crippen molar-refractivity contribution in [1.82, 2.24) is 5.32 Å². The van der Waals surface area contributed by atoms with Gasteiger partial charge in [-0.3, -0.25) is 4.79 Å². The van der Waals surface area contributed by atoms with Crippen LogP contribution in [-0.4, -0.2) is 12.2 Å². The van der Waals surface area contributed by atoms with Crippen LogP contribution >= 0.6 is 0 Å². The van der Waals surface area contributed by atoms with Crippen LogP contribution in [0, 0.1) is 5.82 Å². The Hall–Kier alpha value is -2.49. The maximum atomic E-state index is 12.9. The van der Waals surface area contributed by atoms with Crippen molar-refractivity contribution in [3.05, 3.63) is 71.5 Å². The molecular formula is C16H14FNO2. The number of hydrogen-bond acceptors (Lipinski definition) is 2. The molecule has 1 N–H and O–H groups in total. The molecule has 0 aliphatic rings. The van der Waals surface area contributed by atoms with Gasteiger partial charge < -0.3 is 10.1 Å². The Kier molecular flexibility index (Phi) is 4.60. The first-order chi connectivity index (χ1) is 9.70. The van der Waals surface area contributed by atoms with Crippen molar-refractivity contribution in [2.75, 3.05) is 0 Å². The zero-order valence-corrected chi connectivity index (χ0v) is 10.8. The van der Waals surface area contributed by atoms with E-state index in [0.29, 0.717) is 11.1 Å². The highest BCUT2D eigenvalue weighted by Gasteiger charge is 2.15. The van der Waals surface area contributed by atoms with Crippen molar-refractivity contribution in [2.24, 2.45) is 0 Å². The number of nitrogens with one attached hydrogen (secondary N) is 1. The summed E-state index contributed by atoms with van der Waals surface area (Å²) in [4.78, 5) is 22.8. The summed E-state index contributed by atoms with van der Waals surface area (Å²) in [5, 5.41) is 2.78. The Bertz CT molecular complexity index is 581. The fourth-order valence-corrected chi connectivity index (χ4v) is 1.90. The van der Waals surface area contributed by atoms with Crippen molar-refractivity contribution in [1.29, 1.82) is 0 Å². The largest absolute Gasteiger partial charge is 0.345 e. The number of rotatable bonds is 5. The van der Waals surface area contributed by atoms with Crippen molar-refractivity contribution < 1.29 is 14.0 Å². The Morgan fingerprint density at radius 3 is 2.35 bits per heavy atom. The average molecular weight is 271 g/mol. The molecule has 0 fully saturated rings. The summed E-state index contributed by atoms with van der Waals surface area (Å²) in [6.45, 7) is 0. The van der Waals surface area contributed by atoms with E-state index < -0.39 is 6.04 Å². The molecule has 20 heavy (non-hydrogen) atoms. The predicted molar refractivity (Wildman–Crippen MR) is 73.7 cm³/mol. The summed E-state index contributed by atoms with van der Waals surface area (Å²) in [6, 6.07) is 14.0. The van der Waals surface area contributed by atoms with E-state index in [-0.39, 0.29) is 18.1 Å². The lowest BCUT2D eigenvalue weighted by atomic mass is 10.0. The molecule has 0 heterocycles. The second kappa shape index (κ2) is 6.61. The molecule has 102 valence electrons. The number of amides is 1. The molecule has 2 aromatic carbocycles. The third-order valence-electron chi connectivity index (χ3n) is 2.95. The smallest absolute Gasteiger partial charge is 0.251 e. The van der Waals surface area contributed by atoms with Gasteiger partial charge in [0.2, 0.25) is 0 Å². The fourth-order valence-electron chi connectivity index (χ4n) is 1.90. The van der Waals surface area contributed by atoms with Crippen molar-refractivity contribution in [2.45, 2.75) is 12.5 Å². The Morgan fingerprint density at radius 2 is 1.75 bits per heavy atom. The third-order valence-corrected chi connectivity index (χ3v) is 2.95. The second-order valence-corrected chi connectivity index (χ2v) is 4.35. The quantitative estimate of drug-likeness (QED) is 0.850. The second-order valence-electron chi connectivity index (χ2n) is 4.35. The van der Waals surface area contributed by atoms with Crippen LogP contribution in [0.1, 0.15) is 28.4 Å². The van der Waals surface area contributed by atoms with Gasteiger partial charge in [0.1, 0.15) is 12.1 Å². The Morgan fingerprint density at radius 1 is 1.10 bits per heavy atom. The maximum absolute atomic E-state index is 12.9. The SMILES string of the molecule is O=CCC(NC(=O)c1ccccc1)c1ccc(F)cc1. The van der Waals surface area contributed by atoms with E-state index in [1.807, 2.05) is 6.07 Å². The minimum absolute atomic E-state index is 0.143. The molecule has 2 aromatic rings. The molecule has 0 spiro atoms. The molecule has 0 aliphatic heterocycles. The van der Waals surface area contributed by atoms with Gasteiger partial charge in [0.25, 0.3) is 5.91 Å². The Labute approximate surface area is 116 Å². The zero-order valence-electron chi connectivity index (χ0n) is 10.8. The topological polar surface area (TPSA) is 46.2 Å². The summed E-state index contributed by atoms with van der Waals surface area (Å²) in [5.74, 6) is -0.616. The monoisotopic (exact) mass is 271 g/mol. The third kappa shape index (κ3) is 3.51. The summed E-state index contributed by atoms with van der Waals surface area (Å²) in [6.07, 6.45) is 0.878. The molecule has 3 nitrogen and oxygen atoms in total. The number of carbonyl (C=O) groups excluding carboxylic acids is 2. The van der Waals surface area contributed by atoms with Gasteiger partial charge in [0.05, 0.1) is 6.04 Å². The molecule has 0 aliphatic carbocycles. The summed E-state index contributed by atoms with van der Waals surface area (Å²) < 4.78 is 12.9. The van der Waals surface area contributed by atoms with Crippen molar-refractivity contribution >= 4 is 12.2 Å². The number of benzene rings is 2. The van der Waals surface area contributed by atoms with Gasteiger partial charge in [0, 0.05) is 12.0 Å². The van der Waals surface area contributed by atoms with Gasteiger partial charge in [0.15, 0.2) is 0 Å². The van der Waals surface area contributed by atoms with Gasteiger partial charge in [-0.15, -0.1) is 0 Å². The molecule has 2 rings (SSSR count). The van der Waals surface area contributed by atoms with Crippen LogP contribution < -0.4 is 5.32 Å². The van der Waals surface area contributed by atoms with E-state index in [1.165, 1.54) is 12.1 Å². The molecule has 0 radical (unpaired) electrons. The lowest BCUT2D eigenvalue weighted by molar-refractivity contribution is -0.108. The van der Waals surface area contributed by atoms with Gasteiger partial charge in [-0.2, -0.15) is 0 Å². The molecule has 1 amide bonds. The van der Waals surface area contributed by atoms with E-state index in [2.05, 4.69) is 5.32 Å². The maximum Gasteiger partial charge on any atom is 0.251 e. The lowest BCUT2D eigenvalue weighted by Crippen LogP contribution is -2.28. The van der Waals surface area contributed by atoms with E-state index >= 15 is 0 Å². The number of hydrogen-bond donors (Lipinski definition) is 1. The molecule has 1 atom stereocenters. The summed E-state index contributed by atoms with van der Waals surface area (Å²) in [5.41, 5.74) is 1.22. The number of aldehydes is 1. The van der Waals surface area contributed by atoms with Gasteiger partial charge in [-0.05, 0) is 29.8 Å². The number of carbonyl (C=O) groups is 2. The molecular weight excluding hydrogens is 257 g/mol. The number of halogens is 1. The van der Waals surface area contributed by atoms with Crippen LogP contribution in [0.15, 0.2) is 54.6 Å². The molecule has 0 saturated carbocycles. The molecule has 0 bridgehead atoms. The van der Waals surface area contributed by atoms with Crippen LogP contribution in [0.4, 0.5) is 4.39 Å². The molecule has 4 heteroatoms. The standard InChI is InChI=1S/C16H14FNO2/c17-14-8-6-12(7-9-14)15(10-11-19)18-16(20)13-4-2-1-3-5-13/h1-9,11,15H,10H2,(H,18,20). The summed E-state index contributed by atoms with van der Waals surface area (Å²) >= 11 is 0. The molecule has 0 saturated heterocycles. The average Bonchev–Trinajstić information content (AvgIpc) is 2.48. The van der Waals surface area contributed by atoms with E-state index in [4.69, 9.17) is 0 Å². The van der Waals surface area contributed by atoms with E-state index in [0.717, 1.165) is 6.29 Å². The normalized spacial score (nSPS) is 11.7. The van der Waals surface area contributed by atoms with Crippen LogP contribution in [-0.2, 0) is 4.79 Å². The molecule has 1 unspecified atom stereocenters. The summed E-state index contributed by atoms with van der Waals surface area (Å²) in [7, 11) is 0. The van der Waals surface area contributed by atoms with Crippen LogP contribution in [0.5, 0.6) is 0 Å². The van der Waals surface area contributed by atoms with Crippen molar-refractivity contribution in [3.8, 4) is 0 Å².